The Balaban J connectivity index is 1.81. The fourth-order valence-electron chi connectivity index (χ4n) is 4.87. The molecule has 9 heteroatoms. The zero-order valence-corrected chi connectivity index (χ0v) is 19.9. The molecule has 2 fully saturated rings. The number of likely N-dealkylation sites (tertiary alicyclic amines) is 2. The van der Waals surface area contributed by atoms with Gasteiger partial charge in [0.2, 0.25) is 5.91 Å². The summed E-state index contributed by atoms with van der Waals surface area (Å²) >= 11 is 5.74. The maximum atomic E-state index is 14.6. The Hall–Kier alpha value is -1.93. The number of ether oxygens (including phenoxy) is 1. The van der Waals surface area contributed by atoms with E-state index in [2.05, 4.69) is 0 Å². The van der Waals surface area contributed by atoms with Crippen molar-refractivity contribution in [1.82, 2.24) is 9.80 Å². The van der Waals surface area contributed by atoms with E-state index in [-0.39, 0.29) is 24.0 Å². The first-order valence-electron chi connectivity index (χ1n) is 10.9. The maximum absolute atomic E-state index is 14.6. The summed E-state index contributed by atoms with van der Waals surface area (Å²) in [4.78, 5) is 28.9. The first-order chi connectivity index (χ1) is 14.8. The molecule has 2 heterocycles. The lowest BCUT2D eigenvalue weighted by Gasteiger charge is -2.48. The molecular weight excluding hydrogens is 442 g/mol. The molecule has 0 aromatic heterocycles. The Morgan fingerprint density at radius 1 is 1.16 bits per heavy atom. The third kappa shape index (κ3) is 4.57. The minimum absolute atomic E-state index is 0.0938. The quantitative estimate of drug-likeness (QED) is 0.696. The van der Waals surface area contributed by atoms with Crippen molar-refractivity contribution in [3.8, 4) is 0 Å². The number of piperidine rings is 1. The van der Waals surface area contributed by atoms with E-state index in [1.807, 2.05) is 0 Å². The van der Waals surface area contributed by atoms with Crippen molar-refractivity contribution in [3.63, 3.8) is 0 Å². The fraction of sp³-hybridized carbons (Fsp3) is 0.652. The van der Waals surface area contributed by atoms with E-state index in [1.54, 1.807) is 39.5 Å². The third-order valence-electron chi connectivity index (χ3n) is 6.38. The van der Waals surface area contributed by atoms with Crippen LogP contribution in [0.15, 0.2) is 12.1 Å². The zero-order chi connectivity index (χ0) is 24.0. The van der Waals surface area contributed by atoms with Gasteiger partial charge in [0.15, 0.2) is 0 Å². The molecule has 2 aliphatic rings. The molecule has 1 aromatic carbocycles. The molecule has 1 N–H and O–H groups in total. The molecule has 0 radical (unpaired) electrons. The second-order valence-corrected chi connectivity index (χ2v) is 10.4. The van der Waals surface area contributed by atoms with Gasteiger partial charge in [-0.1, -0.05) is 25.4 Å². The van der Waals surface area contributed by atoms with E-state index in [0.29, 0.717) is 19.4 Å². The van der Waals surface area contributed by atoms with Gasteiger partial charge in [0, 0.05) is 36.5 Å². The van der Waals surface area contributed by atoms with Crippen molar-refractivity contribution in [2.45, 2.75) is 64.7 Å². The number of carbonyl (C=O) groups excluding carboxylic acids is 2. The largest absolute Gasteiger partial charge is 0.444 e. The number of aliphatic hydroxyl groups is 1. The molecule has 0 spiro atoms. The molecule has 2 amide bonds. The fourth-order valence-corrected chi connectivity index (χ4v) is 5.06. The summed E-state index contributed by atoms with van der Waals surface area (Å²) in [5, 5.41) is 11.3. The highest BCUT2D eigenvalue weighted by Crippen LogP contribution is 2.44. The van der Waals surface area contributed by atoms with Crippen LogP contribution in [0.2, 0.25) is 5.02 Å². The topological polar surface area (TPSA) is 70.1 Å². The highest BCUT2D eigenvalue weighted by atomic mass is 35.5. The zero-order valence-electron chi connectivity index (χ0n) is 19.1. The lowest BCUT2D eigenvalue weighted by molar-refractivity contribution is -0.153. The number of nitrogens with zero attached hydrogens (tertiary/aromatic N) is 2. The van der Waals surface area contributed by atoms with Crippen molar-refractivity contribution in [2.24, 2.45) is 11.8 Å². The van der Waals surface area contributed by atoms with Gasteiger partial charge < -0.3 is 14.7 Å². The molecule has 1 aromatic rings. The van der Waals surface area contributed by atoms with Crippen LogP contribution in [0.5, 0.6) is 0 Å². The lowest BCUT2D eigenvalue weighted by atomic mass is 9.70. The summed E-state index contributed by atoms with van der Waals surface area (Å²) in [6.07, 6.45) is 0.662. The van der Waals surface area contributed by atoms with Crippen molar-refractivity contribution in [1.29, 1.82) is 0 Å². The standard InChI is InChI=1S/C23H31ClF2N2O4/c1-13-11-27(20(29)18-7-6-8-28(18)21(30)32-22(3,4)5)12-14(2)23(13,31)19-16(25)9-15(24)10-17(19)26/h9-10,13-14,18,31H,6-8,11-12H2,1-5H3/t13-,14+,18-,23?/m1/s1. The molecule has 2 saturated heterocycles. The second-order valence-electron chi connectivity index (χ2n) is 9.95. The van der Waals surface area contributed by atoms with Crippen LogP contribution >= 0.6 is 11.6 Å². The van der Waals surface area contributed by atoms with E-state index < -0.39 is 52.4 Å². The molecule has 3 rings (SSSR count). The number of amides is 2. The monoisotopic (exact) mass is 472 g/mol. The second kappa shape index (κ2) is 8.78. The number of hydrogen-bond acceptors (Lipinski definition) is 4. The summed E-state index contributed by atoms with van der Waals surface area (Å²) in [6, 6.07) is 1.30. The average molecular weight is 473 g/mol. The van der Waals surface area contributed by atoms with Crippen molar-refractivity contribution in [2.75, 3.05) is 19.6 Å². The SMILES string of the molecule is C[C@@H]1CN(C(=O)[C@H]2CCCN2C(=O)OC(C)(C)C)C[C@H](C)C1(O)c1c(F)cc(Cl)cc1F. The molecule has 6 nitrogen and oxygen atoms in total. The predicted molar refractivity (Wildman–Crippen MR) is 116 cm³/mol. The van der Waals surface area contributed by atoms with Crippen LogP contribution in [0.25, 0.3) is 0 Å². The first-order valence-corrected chi connectivity index (χ1v) is 11.3. The molecule has 178 valence electrons. The van der Waals surface area contributed by atoms with E-state index in [4.69, 9.17) is 16.3 Å². The van der Waals surface area contributed by atoms with Crippen molar-refractivity contribution in [3.05, 3.63) is 34.4 Å². The summed E-state index contributed by atoms with van der Waals surface area (Å²) in [5.41, 5.74) is -2.91. The van der Waals surface area contributed by atoms with E-state index in [0.717, 1.165) is 12.1 Å². The van der Waals surface area contributed by atoms with Crippen molar-refractivity contribution < 1.29 is 28.2 Å². The van der Waals surface area contributed by atoms with Gasteiger partial charge in [-0.15, -0.1) is 0 Å². The van der Waals surface area contributed by atoms with Gasteiger partial charge in [-0.05, 0) is 45.7 Å². The minimum atomic E-state index is -1.81. The van der Waals surface area contributed by atoms with Gasteiger partial charge in [-0.25, -0.2) is 13.6 Å². The van der Waals surface area contributed by atoms with Crippen LogP contribution < -0.4 is 0 Å². The van der Waals surface area contributed by atoms with Gasteiger partial charge in [0.25, 0.3) is 0 Å². The average Bonchev–Trinajstić information content (AvgIpc) is 3.13. The van der Waals surface area contributed by atoms with Gasteiger partial charge in [0.1, 0.15) is 28.9 Å². The van der Waals surface area contributed by atoms with Gasteiger partial charge in [0.05, 0.1) is 5.56 Å². The summed E-state index contributed by atoms with van der Waals surface area (Å²) < 4.78 is 34.7. The van der Waals surface area contributed by atoms with E-state index >= 15 is 0 Å². The maximum Gasteiger partial charge on any atom is 0.410 e. The Bertz CT molecular complexity index is 869. The highest BCUT2D eigenvalue weighted by molar-refractivity contribution is 6.30. The minimum Gasteiger partial charge on any atom is -0.444 e. The molecule has 32 heavy (non-hydrogen) atoms. The third-order valence-corrected chi connectivity index (χ3v) is 6.59. The van der Waals surface area contributed by atoms with Crippen molar-refractivity contribution >= 4 is 23.6 Å². The molecule has 1 unspecified atom stereocenters. The molecule has 0 aliphatic carbocycles. The molecular formula is C23H31ClF2N2O4. The van der Waals surface area contributed by atoms with E-state index in [9.17, 15) is 23.5 Å². The Morgan fingerprint density at radius 3 is 2.19 bits per heavy atom. The number of rotatable bonds is 2. The summed E-state index contributed by atoms with van der Waals surface area (Å²) in [5.74, 6) is -3.38. The van der Waals surface area contributed by atoms with Crippen LogP contribution in [-0.4, -0.2) is 58.2 Å². The Kier molecular flexibility index (Phi) is 6.78. The predicted octanol–water partition coefficient (Wildman–Crippen LogP) is 4.32. The van der Waals surface area contributed by atoms with E-state index in [1.165, 1.54) is 4.90 Å². The van der Waals surface area contributed by atoms with Crippen LogP contribution in [0.3, 0.4) is 0 Å². The van der Waals surface area contributed by atoms with Crippen LogP contribution in [0.4, 0.5) is 13.6 Å². The Morgan fingerprint density at radius 2 is 1.69 bits per heavy atom. The smallest absolute Gasteiger partial charge is 0.410 e. The number of benzene rings is 1. The summed E-state index contributed by atoms with van der Waals surface area (Å²) in [7, 11) is 0. The normalized spacial score (nSPS) is 28.7. The lowest BCUT2D eigenvalue weighted by Crippen LogP contribution is -2.59. The van der Waals surface area contributed by atoms with Gasteiger partial charge in [-0.2, -0.15) is 0 Å². The molecule has 0 bridgehead atoms. The number of hydrogen-bond donors (Lipinski definition) is 1. The number of halogens is 3. The first kappa shape index (κ1) is 24.7. The van der Waals surface area contributed by atoms with Crippen LogP contribution in [0, 0.1) is 23.5 Å². The van der Waals surface area contributed by atoms with Gasteiger partial charge in [-0.3, -0.25) is 9.69 Å². The number of carbonyl (C=O) groups is 2. The Labute approximate surface area is 192 Å². The van der Waals surface area contributed by atoms with Crippen LogP contribution in [-0.2, 0) is 15.1 Å². The molecule has 4 atom stereocenters. The molecule has 0 saturated carbocycles. The molecule has 2 aliphatic heterocycles. The summed E-state index contributed by atoms with van der Waals surface area (Å²) in [6.45, 7) is 9.23. The highest BCUT2D eigenvalue weighted by Gasteiger charge is 2.51. The van der Waals surface area contributed by atoms with Crippen LogP contribution in [0.1, 0.15) is 53.0 Å². The van der Waals surface area contributed by atoms with Gasteiger partial charge >= 0.3 is 6.09 Å².